The molecule has 0 aliphatic carbocycles. The second-order valence-electron chi connectivity index (χ2n) is 4.06. The van der Waals surface area contributed by atoms with Crippen LogP contribution in [0.2, 0.25) is 0 Å². The van der Waals surface area contributed by atoms with Crippen molar-refractivity contribution in [3.05, 3.63) is 47.4 Å². The highest BCUT2D eigenvalue weighted by atomic mass is 19.2. The Balaban J connectivity index is 1.92. The van der Waals surface area contributed by atoms with Gasteiger partial charge < -0.3 is 9.52 Å². The van der Waals surface area contributed by atoms with Crippen molar-refractivity contribution in [2.24, 2.45) is 0 Å². The lowest BCUT2D eigenvalue weighted by atomic mass is 10.3. The van der Waals surface area contributed by atoms with Crippen LogP contribution >= 0.6 is 0 Å². The van der Waals surface area contributed by atoms with E-state index in [1.807, 2.05) is 0 Å². The zero-order valence-electron chi connectivity index (χ0n) is 9.88. The lowest BCUT2D eigenvalue weighted by Gasteiger charge is -1.94. The highest BCUT2D eigenvalue weighted by Gasteiger charge is 2.12. The summed E-state index contributed by atoms with van der Waals surface area (Å²) in [6.07, 6.45) is 0. The van der Waals surface area contributed by atoms with Crippen molar-refractivity contribution < 1.29 is 23.1 Å². The van der Waals surface area contributed by atoms with Crippen molar-refractivity contribution in [2.45, 2.75) is 6.54 Å². The van der Waals surface area contributed by atoms with Gasteiger partial charge in [0, 0.05) is 12.1 Å². The molecule has 1 N–H and O–H groups in total. The van der Waals surface area contributed by atoms with Gasteiger partial charge in [0.15, 0.2) is 11.6 Å². The minimum atomic E-state index is -1.18. The Bertz CT molecular complexity index is 770. The number of nitrogens with zero attached hydrogens (tertiary/aromatic N) is 3. The van der Waals surface area contributed by atoms with E-state index in [0.717, 1.165) is 12.1 Å². The van der Waals surface area contributed by atoms with Gasteiger partial charge in [-0.1, -0.05) is 0 Å². The van der Waals surface area contributed by atoms with Gasteiger partial charge in [0.1, 0.15) is 23.3 Å². The molecule has 2 heterocycles. The number of benzene rings is 1. The van der Waals surface area contributed by atoms with Gasteiger partial charge in [-0.25, -0.2) is 13.6 Å². The number of aromatic carboxylic acids is 1. The van der Waals surface area contributed by atoms with E-state index in [4.69, 9.17) is 9.52 Å². The fourth-order valence-corrected chi connectivity index (χ4v) is 1.75. The van der Waals surface area contributed by atoms with Crippen molar-refractivity contribution in [2.75, 3.05) is 0 Å². The lowest BCUT2D eigenvalue weighted by Crippen LogP contribution is -2.02. The monoisotopic (exact) mass is 279 g/mol. The quantitative estimate of drug-likeness (QED) is 0.793. The van der Waals surface area contributed by atoms with Crippen molar-refractivity contribution >= 4 is 17.0 Å². The Morgan fingerprint density at radius 2 is 1.80 bits per heavy atom. The van der Waals surface area contributed by atoms with E-state index in [9.17, 15) is 13.6 Å². The van der Waals surface area contributed by atoms with Gasteiger partial charge in [0.25, 0.3) is 0 Å². The molecule has 0 aliphatic heterocycles. The Labute approximate surface area is 110 Å². The van der Waals surface area contributed by atoms with E-state index in [-0.39, 0.29) is 23.3 Å². The molecule has 0 fully saturated rings. The van der Waals surface area contributed by atoms with Crippen LogP contribution in [0.15, 0.2) is 28.7 Å². The first kappa shape index (κ1) is 12.3. The van der Waals surface area contributed by atoms with Crippen molar-refractivity contribution in [3.8, 4) is 0 Å². The van der Waals surface area contributed by atoms with Crippen LogP contribution in [0.5, 0.6) is 0 Å². The van der Waals surface area contributed by atoms with Crippen LogP contribution in [-0.2, 0) is 6.54 Å². The summed E-state index contributed by atoms with van der Waals surface area (Å²) in [7, 11) is 0. The Hall–Kier alpha value is -2.77. The molecule has 2 aromatic heterocycles. The van der Waals surface area contributed by atoms with E-state index in [1.54, 1.807) is 0 Å². The number of carboxylic acid groups (broad SMARTS) is 1. The molecule has 0 saturated carbocycles. The molecule has 0 saturated heterocycles. The van der Waals surface area contributed by atoms with Crippen molar-refractivity contribution in [3.63, 3.8) is 0 Å². The third-order valence-electron chi connectivity index (χ3n) is 2.63. The van der Waals surface area contributed by atoms with Gasteiger partial charge in [-0.2, -0.15) is 15.0 Å². The third-order valence-corrected chi connectivity index (χ3v) is 2.63. The highest BCUT2D eigenvalue weighted by molar-refractivity contribution is 5.84. The zero-order valence-corrected chi connectivity index (χ0v) is 9.88. The summed E-state index contributed by atoms with van der Waals surface area (Å²) < 4.78 is 31.1. The molecule has 0 unspecified atom stereocenters. The van der Waals surface area contributed by atoms with Crippen LogP contribution in [0.25, 0.3) is 11.0 Å². The minimum absolute atomic E-state index is 0.0607. The number of carboxylic acids is 1. The maximum Gasteiger partial charge on any atom is 0.371 e. The summed E-state index contributed by atoms with van der Waals surface area (Å²) in [6.45, 7) is 0.0607. The maximum absolute atomic E-state index is 13.0. The number of furan rings is 1. The van der Waals surface area contributed by atoms with Crippen LogP contribution in [0.1, 0.15) is 16.3 Å². The van der Waals surface area contributed by atoms with Crippen LogP contribution in [0, 0.1) is 11.6 Å². The summed E-state index contributed by atoms with van der Waals surface area (Å²) in [4.78, 5) is 11.8. The molecule has 102 valence electrons. The first-order valence-electron chi connectivity index (χ1n) is 5.55. The van der Waals surface area contributed by atoms with Gasteiger partial charge in [-0.15, -0.1) is 0 Å². The van der Waals surface area contributed by atoms with Gasteiger partial charge >= 0.3 is 5.97 Å². The fourth-order valence-electron chi connectivity index (χ4n) is 1.75. The number of halogens is 2. The van der Waals surface area contributed by atoms with Gasteiger partial charge in [-0.3, -0.25) is 0 Å². The zero-order chi connectivity index (χ0) is 14.3. The number of hydrogen-bond donors (Lipinski definition) is 1. The van der Waals surface area contributed by atoms with Gasteiger partial charge in [-0.05, 0) is 12.1 Å². The number of aromatic nitrogens is 3. The van der Waals surface area contributed by atoms with E-state index in [1.165, 1.54) is 16.9 Å². The van der Waals surface area contributed by atoms with Gasteiger partial charge in [0.2, 0.25) is 5.76 Å². The predicted molar refractivity (Wildman–Crippen MR) is 62.2 cm³/mol. The second kappa shape index (κ2) is 4.41. The van der Waals surface area contributed by atoms with Crippen LogP contribution in [0.4, 0.5) is 8.78 Å². The summed E-state index contributed by atoms with van der Waals surface area (Å²) in [6, 6.07) is 4.66. The average Bonchev–Trinajstić information content (AvgIpc) is 2.97. The Morgan fingerprint density at radius 3 is 2.30 bits per heavy atom. The molecule has 0 bridgehead atoms. The summed E-state index contributed by atoms with van der Waals surface area (Å²) >= 11 is 0. The third kappa shape index (κ3) is 2.11. The smallest absolute Gasteiger partial charge is 0.371 e. The molecular weight excluding hydrogens is 272 g/mol. The topological polar surface area (TPSA) is 81.1 Å². The van der Waals surface area contributed by atoms with Crippen LogP contribution < -0.4 is 0 Å². The number of fused-ring (bicyclic) bond motifs is 1. The molecule has 3 aromatic rings. The molecule has 0 radical (unpaired) electrons. The molecule has 0 atom stereocenters. The SMILES string of the molecule is O=C(O)c1ccc(Cn2nc3cc(F)c(F)cc3n2)o1. The molecule has 1 aromatic carbocycles. The highest BCUT2D eigenvalue weighted by Crippen LogP contribution is 2.15. The van der Waals surface area contributed by atoms with Gasteiger partial charge in [0.05, 0.1) is 0 Å². The Morgan fingerprint density at radius 1 is 1.20 bits per heavy atom. The summed E-state index contributed by atoms with van der Waals surface area (Å²) in [5.41, 5.74) is 0.405. The van der Waals surface area contributed by atoms with E-state index >= 15 is 0 Å². The molecule has 8 heteroatoms. The van der Waals surface area contributed by atoms with Crippen LogP contribution in [0.3, 0.4) is 0 Å². The molecule has 20 heavy (non-hydrogen) atoms. The normalized spacial score (nSPS) is 11.1. The fraction of sp³-hybridized carbons (Fsp3) is 0.0833. The first-order valence-corrected chi connectivity index (χ1v) is 5.55. The summed E-state index contributed by atoms with van der Waals surface area (Å²) in [5, 5.41) is 16.6. The predicted octanol–water partition coefficient (Wildman–Crippen LogP) is 2.05. The van der Waals surface area contributed by atoms with Crippen LogP contribution in [-0.4, -0.2) is 26.1 Å². The first-order chi connectivity index (χ1) is 9.52. The van der Waals surface area contributed by atoms with E-state index < -0.39 is 17.6 Å². The molecule has 0 aliphatic rings. The molecule has 3 rings (SSSR count). The second-order valence-corrected chi connectivity index (χ2v) is 4.06. The maximum atomic E-state index is 13.0. The Kier molecular flexibility index (Phi) is 2.70. The molecule has 6 nitrogen and oxygen atoms in total. The average molecular weight is 279 g/mol. The van der Waals surface area contributed by atoms with Crippen molar-refractivity contribution in [1.82, 2.24) is 15.0 Å². The largest absolute Gasteiger partial charge is 0.475 e. The molecule has 0 amide bonds. The standard InChI is InChI=1S/C12H7F2N3O3/c13-7-3-9-10(4-8(7)14)16-17(15-9)5-6-1-2-11(20-6)12(18)19/h1-4H,5H2,(H,18,19). The summed E-state index contributed by atoms with van der Waals surface area (Å²) in [5.74, 6) is -3.07. The molecule has 0 spiro atoms. The molecular formula is C12H7F2N3O3. The number of rotatable bonds is 3. The number of hydrogen-bond acceptors (Lipinski definition) is 4. The van der Waals surface area contributed by atoms with E-state index in [2.05, 4.69) is 10.2 Å². The van der Waals surface area contributed by atoms with Crippen molar-refractivity contribution in [1.29, 1.82) is 0 Å². The lowest BCUT2D eigenvalue weighted by molar-refractivity contribution is 0.0660. The van der Waals surface area contributed by atoms with E-state index in [0.29, 0.717) is 5.76 Å². The minimum Gasteiger partial charge on any atom is -0.475 e. The number of carbonyl (C=O) groups is 1.